The van der Waals surface area contributed by atoms with Crippen molar-refractivity contribution >= 4 is 21.7 Å². The molecule has 1 spiro atoms. The van der Waals surface area contributed by atoms with E-state index in [1.54, 1.807) is 12.1 Å². The van der Waals surface area contributed by atoms with Gasteiger partial charge in [-0.2, -0.15) is 0 Å². The van der Waals surface area contributed by atoms with Crippen molar-refractivity contribution in [3.05, 3.63) is 24.3 Å². The fraction of sp³-hybridized carbons (Fsp3) is 0.611. The van der Waals surface area contributed by atoms with Gasteiger partial charge in [0.25, 0.3) is 0 Å². The first kappa shape index (κ1) is 20.1. The Bertz CT molecular complexity index is 745. The molecule has 0 bridgehead atoms. The molecule has 0 saturated carbocycles. The van der Waals surface area contributed by atoms with Gasteiger partial charge in [-0.15, -0.1) is 0 Å². The lowest BCUT2D eigenvalue weighted by Gasteiger charge is -2.32. The largest absolute Gasteiger partial charge is 0.383 e. The summed E-state index contributed by atoms with van der Waals surface area (Å²) in [4.78, 5) is 14.5. The SMILES string of the molecule is COCCNS(=O)(=O)c1ccc(NC(=O)N2CCC3(CCCOC3)C2)cc1. The summed E-state index contributed by atoms with van der Waals surface area (Å²) in [6, 6.07) is 5.99. The first-order valence-electron chi connectivity index (χ1n) is 9.17. The summed E-state index contributed by atoms with van der Waals surface area (Å²) < 4.78 is 37.2. The molecule has 1 aromatic carbocycles. The minimum absolute atomic E-state index is 0.0986. The van der Waals surface area contributed by atoms with Gasteiger partial charge in [-0.1, -0.05) is 0 Å². The summed E-state index contributed by atoms with van der Waals surface area (Å²) in [6.07, 6.45) is 3.11. The number of methoxy groups -OCH3 is 1. The minimum atomic E-state index is -3.58. The molecule has 0 radical (unpaired) electrons. The highest BCUT2D eigenvalue weighted by Gasteiger charge is 2.41. The second kappa shape index (κ2) is 8.55. The van der Waals surface area contributed by atoms with Crippen molar-refractivity contribution in [3.63, 3.8) is 0 Å². The molecule has 1 atom stereocenters. The highest BCUT2D eigenvalue weighted by atomic mass is 32.2. The van der Waals surface area contributed by atoms with Crippen LogP contribution in [0.15, 0.2) is 29.2 Å². The lowest BCUT2D eigenvalue weighted by molar-refractivity contribution is -0.000213. The van der Waals surface area contributed by atoms with E-state index in [-0.39, 0.29) is 22.9 Å². The molecule has 2 fully saturated rings. The second-order valence-corrected chi connectivity index (χ2v) is 8.94. The number of sulfonamides is 1. The third-order valence-corrected chi connectivity index (χ3v) is 6.62. The zero-order valence-corrected chi connectivity index (χ0v) is 16.4. The third-order valence-electron chi connectivity index (χ3n) is 5.14. The number of carbonyl (C=O) groups is 1. The number of ether oxygens (including phenoxy) is 2. The molecule has 2 N–H and O–H groups in total. The maximum absolute atomic E-state index is 12.5. The van der Waals surface area contributed by atoms with E-state index in [1.807, 2.05) is 4.90 Å². The van der Waals surface area contributed by atoms with Crippen LogP contribution < -0.4 is 10.0 Å². The van der Waals surface area contributed by atoms with Gasteiger partial charge < -0.3 is 19.7 Å². The quantitative estimate of drug-likeness (QED) is 0.712. The number of nitrogens with zero attached hydrogens (tertiary/aromatic N) is 1. The summed E-state index contributed by atoms with van der Waals surface area (Å²) >= 11 is 0. The van der Waals surface area contributed by atoms with Crippen molar-refractivity contribution < 1.29 is 22.7 Å². The van der Waals surface area contributed by atoms with Crippen molar-refractivity contribution in [2.45, 2.75) is 24.2 Å². The van der Waals surface area contributed by atoms with Crippen LogP contribution in [0.3, 0.4) is 0 Å². The van der Waals surface area contributed by atoms with E-state index < -0.39 is 10.0 Å². The molecule has 2 saturated heterocycles. The fourth-order valence-electron chi connectivity index (χ4n) is 3.62. The summed E-state index contributed by atoms with van der Waals surface area (Å²) in [5.74, 6) is 0. The van der Waals surface area contributed by atoms with Crippen molar-refractivity contribution in [2.24, 2.45) is 5.41 Å². The van der Waals surface area contributed by atoms with Crippen molar-refractivity contribution in [2.75, 3.05) is 51.9 Å². The molecule has 2 aliphatic rings. The van der Waals surface area contributed by atoms with Crippen LogP contribution in [0.1, 0.15) is 19.3 Å². The van der Waals surface area contributed by atoms with Crippen LogP contribution in [0, 0.1) is 5.41 Å². The van der Waals surface area contributed by atoms with E-state index in [9.17, 15) is 13.2 Å². The number of carbonyl (C=O) groups excluding carboxylic acids is 1. The molecular formula is C18H27N3O5S. The summed E-state index contributed by atoms with van der Waals surface area (Å²) in [5.41, 5.74) is 0.665. The monoisotopic (exact) mass is 397 g/mol. The van der Waals surface area contributed by atoms with Gasteiger partial charge in [-0.05, 0) is 43.5 Å². The van der Waals surface area contributed by atoms with E-state index >= 15 is 0 Å². The number of benzene rings is 1. The lowest BCUT2D eigenvalue weighted by atomic mass is 9.82. The van der Waals surface area contributed by atoms with Crippen LogP contribution >= 0.6 is 0 Å². The first-order chi connectivity index (χ1) is 12.9. The maximum Gasteiger partial charge on any atom is 0.321 e. The Hall–Kier alpha value is -1.68. The van der Waals surface area contributed by atoms with E-state index in [1.165, 1.54) is 19.2 Å². The molecule has 2 aliphatic heterocycles. The maximum atomic E-state index is 12.5. The van der Waals surface area contributed by atoms with Crippen molar-refractivity contribution in [1.82, 2.24) is 9.62 Å². The number of urea groups is 1. The number of amides is 2. The van der Waals surface area contributed by atoms with Gasteiger partial charge >= 0.3 is 6.03 Å². The summed E-state index contributed by atoms with van der Waals surface area (Å²) in [5, 5.41) is 2.85. The topological polar surface area (TPSA) is 97.0 Å². The standard InChI is InChI=1S/C18H27N3O5S/c1-25-12-9-19-27(23,24)16-5-3-15(4-6-16)20-17(22)21-10-8-18(13-21)7-2-11-26-14-18/h3-6,19H,2,7-14H2,1H3,(H,20,22). The molecule has 27 heavy (non-hydrogen) atoms. The number of nitrogens with one attached hydrogen (secondary N) is 2. The average Bonchev–Trinajstić information content (AvgIpc) is 3.06. The normalized spacial score (nSPS) is 22.9. The Balaban J connectivity index is 1.56. The van der Waals surface area contributed by atoms with E-state index in [4.69, 9.17) is 9.47 Å². The highest BCUT2D eigenvalue weighted by Crippen LogP contribution is 2.38. The third kappa shape index (κ3) is 4.98. The zero-order chi connectivity index (χ0) is 19.3. The fourth-order valence-corrected chi connectivity index (χ4v) is 4.63. The molecule has 1 unspecified atom stereocenters. The Labute approximate surface area is 160 Å². The molecule has 3 rings (SSSR count). The van der Waals surface area contributed by atoms with E-state index in [0.29, 0.717) is 25.4 Å². The highest BCUT2D eigenvalue weighted by molar-refractivity contribution is 7.89. The Morgan fingerprint density at radius 3 is 2.74 bits per heavy atom. The van der Waals surface area contributed by atoms with E-state index in [0.717, 1.165) is 32.5 Å². The molecule has 2 amide bonds. The summed E-state index contributed by atoms with van der Waals surface area (Å²) in [6.45, 7) is 3.45. The van der Waals surface area contributed by atoms with Crippen molar-refractivity contribution in [1.29, 1.82) is 0 Å². The molecule has 0 aromatic heterocycles. The Kier molecular flexibility index (Phi) is 6.36. The second-order valence-electron chi connectivity index (χ2n) is 7.17. The van der Waals surface area contributed by atoms with Crippen LogP contribution in [-0.2, 0) is 19.5 Å². The van der Waals surface area contributed by atoms with Gasteiger partial charge in [-0.3, -0.25) is 0 Å². The lowest BCUT2D eigenvalue weighted by Crippen LogP contribution is -2.38. The zero-order valence-electron chi connectivity index (χ0n) is 15.6. The molecule has 1 aromatic rings. The molecule has 0 aliphatic carbocycles. The number of hydrogen-bond donors (Lipinski definition) is 2. The van der Waals surface area contributed by atoms with Gasteiger partial charge in [0, 0.05) is 44.5 Å². The summed E-state index contributed by atoms with van der Waals surface area (Å²) in [7, 11) is -2.07. The first-order valence-corrected chi connectivity index (χ1v) is 10.6. The Morgan fingerprint density at radius 1 is 1.30 bits per heavy atom. The minimum Gasteiger partial charge on any atom is -0.383 e. The van der Waals surface area contributed by atoms with Gasteiger partial charge in [0.05, 0.1) is 18.1 Å². The molecule has 2 heterocycles. The number of likely N-dealkylation sites (tertiary alicyclic amines) is 1. The van der Waals surface area contributed by atoms with Crippen LogP contribution in [0.2, 0.25) is 0 Å². The number of rotatable bonds is 6. The Morgan fingerprint density at radius 2 is 2.07 bits per heavy atom. The molecule has 150 valence electrons. The number of hydrogen-bond acceptors (Lipinski definition) is 5. The average molecular weight is 397 g/mol. The predicted octanol–water partition coefficient (Wildman–Crippen LogP) is 1.65. The van der Waals surface area contributed by atoms with Gasteiger partial charge in [0.2, 0.25) is 10.0 Å². The molecular weight excluding hydrogens is 370 g/mol. The van der Waals surface area contributed by atoms with Gasteiger partial charge in [-0.25, -0.2) is 17.9 Å². The van der Waals surface area contributed by atoms with Crippen LogP contribution in [-0.4, -0.2) is 65.9 Å². The predicted molar refractivity (Wildman–Crippen MR) is 101 cm³/mol. The van der Waals surface area contributed by atoms with Gasteiger partial charge in [0.1, 0.15) is 0 Å². The smallest absolute Gasteiger partial charge is 0.321 e. The van der Waals surface area contributed by atoms with E-state index in [2.05, 4.69) is 10.0 Å². The molecule has 9 heteroatoms. The van der Waals surface area contributed by atoms with Crippen LogP contribution in [0.4, 0.5) is 10.5 Å². The number of anilines is 1. The van der Waals surface area contributed by atoms with Gasteiger partial charge in [0.15, 0.2) is 0 Å². The molecule has 8 nitrogen and oxygen atoms in total. The van der Waals surface area contributed by atoms with Crippen LogP contribution in [0.5, 0.6) is 0 Å². The van der Waals surface area contributed by atoms with Crippen molar-refractivity contribution in [3.8, 4) is 0 Å². The van der Waals surface area contributed by atoms with Crippen LogP contribution in [0.25, 0.3) is 0 Å².